The topological polar surface area (TPSA) is 162 Å². The number of likely N-dealkylation sites (tertiary alicyclic amines) is 1. The van der Waals surface area contributed by atoms with Gasteiger partial charge >= 0.3 is 5.97 Å². The SMILES string of the molecule is CCC(C)C(NC(=O)C1CCCN1C(=O)C(Cc1ccc(O)cc1)NC(=O)C(N)C(C)C)C(=O)O. The number of rotatable bonds is 11. The van der Waals surface area contributed by atoms with E-state index in [2.05, 4.69) is 10.6 Å². The zero-order valence-electron chi connectivity index (χ0n) is 20.9. The van der Waals surface area contributed by atoms with Gasteiger partial charge in [-0.15, -0.1) is 0 Å². The van der Waals surface area contributed by atoms with Crippen LogP contribution in [0.5, 0.6) is 5.75 Å². The van der Waals surface area contributed by atoms with E-state index in [4.69, 9.17) is 5.73 Å². The number of carboxylic acid groups (broad SMARTS) is 1. The van der Waals surface area contributed by atoms with Crippen molar-refractivity contribution in [2.75, 3.05) is 6.54 Å². The molecule has 0 aromatic heterocycles. The van der Waals surface area contributed by atoms with E-state index in [1.165, 1.54) is 17.0 Å². The van der Waals surface area contributed by atoms with Gasteiger partial charge in [-0.1, -0.05) is 46.2 Å². The molecule has 5 unspecified atom stereocenters. The number of nitrogens with zero attached hydrogens (tertiary/aromatic N) is 1. The number of hydrogen-bond donors (Lipinski definition) is 5. The van der Waals surface area contributed by atoms with Gasteiger partial charge in [0.05, 0.1) is 6.04 Å². The molecule has 0 saturated carbocycles. The molecule has 0 radical (unpaired) electrons. The van der Waals surface area contributed by atoms with Gasteiger partial charge in [-0.05, 0) is 42.4 Å². The average molecular weight is 491 g/mol. The van der Waals surface area contributed by atoms with Gasteiger partial charge in [0.1, 0.15) is 23.9 Å². The van der Waals surface area contributed by atoms with Gasteiger partial charge in [0.25, 0.3) is 0 Å². The molecule has 1 fully saturated rings. The van der Waals surface area contributed by atoms with Crippen molar-refractivity contribution < 1.29 is 29.4 Å². The number of nitrogens with one attached hydrogen (secondary N) is 2. The lowest BCUT2D eigenvalue weighted by molar-refractivity contribution is -0.146. The van der Waals surface area contributed by atoms with Gasteiger partial charge in [-0.3, -0.25) is 14.4 Å². The number of benzene rings is 1. The second-order valence-corrected chi connectivity index (χ2v) is 9.60. The Kier molecular flexibility index (Phi) is 10.1. The molecule has 2 rings (SSSR count). The summed E-state index contributed by atoms with van der Waals surface area (Å²) in [5.41, 5.74) is 6.70. The van der Waals surface area contributed by atoms with Crippen molar-refractivity contribution in [2.45, 2.75) is 77.5 Å². The maximum Gasteiger partial charge on any atom is 0.326 e. The van der Waals surface area contributed by atoms with E-state index in [9.17, 15) is 29.4 Å². The molecule has 10 nitrogen and oxygen atoms in total. The van der Waals surface area contributed by atoms with Gasteiger partial charge in [-0.25, -0.2) is 4.79 Å². The Morgan fingerprint density at radius 1 is 1.11 bits per heavy atom. The number of nitrogens with two attached hydrogens (primary N) is 1. The van der Waals surface area contributed by atoms with Crippen molar-refractivity contribution >= 4 is 23.7 Å². The van der Waals surface area contributed by atoms with E-state index in [1.54, 1.807) is 32.9 Å². The molecule has 0 spiro atoms. The Morgan fingerprint density at radius 3 is 2.29 bits per heavy atom. The van der Waals surface area contributed by atoms with Gasteiger partial charge in [-0.2, -0.15) is 0 Å². The van der Waals surface area contributed by atoms with Crippen LogP contribution in [-0.2, 0) is 25.6 Å². The summed E-state index contributed by atoms with van der Waals surface area (Å²) in [6.45, 7) is 7.51. The third-order valence-corrected chi connectivity index (χ3v) is 6.63. The van der Waals surface area contributed by atoms with Crippen molar-refractivity contribution in [1.29, 1.82) is 0 Å². The van der Waals surface area contributed by atoms with Crippen LogP contribution in [0.4, 0.5) is 0 Å². The molecule has 1 aliphatic rings. The molecule has 1 heterocycles. The Labute approximate surface area is 206 Å². The number of aromatic hydroxyl groups is 1. The van der Waals surface area contributed by atoms with Gasteiger partial charge in [0.2, 0.25) is 17.7 Å². The average Bonchev–Trinajstić information content (AvgIpc) is 3.31. The second kappa shape index (κ2) is 12.5. The quantitative estimate of drug-likeness (QED) is 0.309. The predicted octanol–water partition coefficient (Wildman–Crippen LogP) is 1.01. The summed E-state index contributed by atoms with van der Waals surface area (Å²) < 4.78 is 0. The van der Waals surface area contributed by atoms with E-state index < -0.39 is 47.9 Å². The van der Waals surface area contributed by atoms with E-state index in [1.807, 2.05) is 6.92 Å². The summed E-state index contributed by atoms with van der Waals surface area (Å²) in [4.78, 5) is 52.4. The highest BCUT2D eigenvalue weighted by atomic mass is 16.4. The Hall–Kier alpha value is -3.14. The maximum atomic E-state index is 13.6. The monoisotopic (exact) mass is 490 g/mol. The van der Waals surface area contributed by atoms with Crippen LogP contribution in [0.3, 0.4) is 0 Å². The molecular weight excluding hydrogens is 452 g/mol. The molecule has 1 aromatic rings. The molecule has 1 aliphatic heterocycles. The first kappa shape index (κ1) is 28.1. The molecule has 6 N–H and O–H groups in total. The lowest BCUT2D eigenvalue weighted by Gasteiger charge is -2.31. The number of amides is 3. The molecule has 10 heteroatoms. The van der Waals surface area contributed by atoms with E-state index in [-0.39, 0.29) is 24.0 Å². The minimum atomic E-state index is -1.12. The van der Waals surface area contributed by atoms with Crippen LogP contribution in [0.2, 0.25) is 0 Å². The van der Waals surface area contributed by atoms with Crippen molar-refractivity contribution in [3.05, 3.63) is 29.8 Å². The normalized spacial score (nSPS) is 19.0. The summed E-state index contributed by atoms with van der Waals surface area (Å²) in [6.07, 6.45) is 1.69. The molecule has 1 aromatic carbocycles. The third kappa shape index (κ3) is 7.42. The first-order valence-corrected chi connectivity index (χ1v) is 12.1. The zero-order valence-corrected chi connectivity index (χ0v) is 20.9. The standard InChI is InChI=1S/C25H38N4O6/c1-5-15(4)21(25(34)35)28-22(31)19-7-6-12-29(19)24(33)18(27-23(32)20(26)14(2)3)13-16-8-10-17(30)11-9-16/h8-11,14-15,18-21,30H,5-7,12-13,26H2,1-4H3,(H,27,32)(H,28,31)(H,34,35). The van der Waals surface area contributed by atoms with Crippen LogP contribution in [0.25, 0.3) is 0 Å². The molecule has 35 heavy (non-hydrogen) atoms. The summed E-state index contributed by atoms with van der Waals surface area (Å²) >= 11 is 0. The zero-order chi connectivity index (χ0) is 26.3. The van der Waals surface area contributed by atoms with Crippen LogP contribution in [0.1, 0.15) is 52.5 Å². The molecule has 3 amide bonds. The Balaban J connectivity index is 2.25. The summed E-state index contributed by atoms with van der Waals surface area (Å²) in [6, 6.07) is 2.62. The molecule has 0 aliphatic carbocycles. The summed E-state index contributed by atoms with van der Waals surface area (Å²) in [7, 11) is 0. The summed E-state index contributed by atoms with van der Waals surface area (Å²) in [5.74, 6) is -2.89. The lowest BCUT2D eigenvalue weighted by atomic mass is 9.98. The van der Waals surface area contributed by atoms with Crippen LogP contribution in [0.15, 0.2) is 24.3 Å². The van der Waals surface area contributed by atoms with Gasteiger partial charge in [0, 0.05) is 13.0 Å². The minimum Gasteiger partial charge on any atom is -0.508 e. The van der Waals surface area contributed by atoms with Crippen LogP contribution >= 0.6 is 0 Å². The highest BCUT2D eigenvalue weighted by Crippen LogP contribution is 2.21. The highest BCUT2D eigenvalue weighted by Gasteiger charge is 2.39. The van der Waals surface area contributed by atoms with Crippen LogP contribution < -0.4 is 16.4 Å². The number of phenols is 1. The van der Waals surface area contributed by atoms with Crippen molar-refractivity contribution in [1.82, 2.24) is 15.5 Å². The number of hydrogen-bond acceptors (Lipinski definition) is 6. The van der Waals surface area contributed by atoms with Crippen molar-refractivity contribution in [3.8, 4) is 5.75 Å². The first-order valence-electron chi connectivity index (χ1n) is 12.1. The molecule has 5 atom stereocenters. The van der Waals surface area contributed by atoms with Crippen molar-refractivity contribution in [3.63, 3.8) is 0 Å². The fraction of sp³-hybridized carbons (Fsp3) is 0.600. The van der Waals surface area contributed by atoms with Gasteiger partial charge < -0.3 is 31.5 Å². The number of aliphatic carboxylic acids is 1. The minimum absolute atomic E-state index is 0.0769. The molecule has 194 valence electrons. The van der Waals surface area contributed by atoms with Crippen molar-refractivity contribution in [2.24, 2.45) is 17.6 Å². The number of carbonyl (C=O) groups excluding carboxylic acids is 3. The smallest absolute Gasteiger partial charge is 0.326 e. The number of carbonyl (C=O) groups is 4. The van der Waals surface area contributed by atoms with E-state index in [0.29, 0.717) is 31.4 Å². The molecular formula is C25H38N4O6. The number of carboxylic acids is 1. The fourth-order valence-corrected chi connectivity index (χ4v) is 4.07. The predicted molar refractivity (Wildman–Crippen MR) is 130 cm³/mol. The van der Waals surface area contributed by atoms with Crippen LogP contribution in [-0.4, -0.2) is 69.5 Å². The first-order chi connectivity index (χ1) is 16.5. The highest BCUT2D eigenvalue weighted by molar-refractivity contribution is 5.94. The Bertz CT molecular complexity index is 904. The molecule has 1 saturated heterocycles. The molecule has 0 bridgehead atoms. The Morgan fingerprint density at radius 2 is 1.74 bits per heavy atom. The van der Waals surface area contributed by atoms with E-state index in [0.717, 1.165) is 0 Å². The van der Waals surface area contributed by atoms with E-state index >= 15 is 0 Å². The third-order valence-electron chi connectivity index (χ3n) is 6.63. The summed E-state index contributed by atoms with van der Waals surface area (Å²) in [5, 5.41) is 24.4. The van der Waals surface area contributed by atoms with Crippen LogP contribution in [0, 0.1) is 11.8 Å². The number of phenolic OH excluding ortho intramolecular Hbond substituents is 1. The maximum absolute atomic E-state index is 13.6. The fourth-order valence-electron chi connectivity index (χ4n) is 4.07. The van der Waals surface area contributed by atoms with Gasteiger partial charge in [0.15, 0.2) is 0 Å². The lowest BCUT2D eigenvalue weighted by Crippen LogP contribution is -2.58. The largest absolute Gasteiger partial charge is 0.508 e. The second-order valence-electron chi connectivity index (χ2n) is 9.60.